The SMILES string of the molecule is COC(=O)c1cc(C)c2nc3n(c2c1)CC[C@H]1[C@@H]3[C@H](c2cccc(Cl)c2F)[C@](C)(C(=O)Nc2cccc(Cl)c2)N1CC1CC1. The standard InChI is InChI=1S/C34H33Cl2FN4O3/c1-18-14-20(32(42)44-3)15-26-30(18)39-31-27-25(12-13-40(26)31)41(17-19-10-11-19)34(2,28(27)23-8-5-9-24(36)29(23)37)33(43)38-22-7-4-6-21(35)16-22/h4-9,14-16,19,25,27-28H,10-13,17H2,1-3H3,(H,38,43)/t25-,27+,28-,34+/m0/s1. The van der Waals surface area contributed by atoms with E-state index in [1.165, 1.54) is 13.2 Å². The van der Waals surface area contributed by atoms with Crippen LogP contribution in [0.1, 0.15) is 65.3 Å². The maximum absolute atomic E-state index is 16.1. The van der Waals surface area contributed by atoms with Crippen molar-refractivity contribution in [3.8, 4) is 0 Å². The molecule has 1 saturated carbocycles. The molecule has 7 rings (SSSR count). The number of amides is 1. The highest BCUT2D eigenvalue weighted by Gasteiger charge is 2.63. The maximum Gasteiger partial charge on any atom is 0.337 e. The Hall–Kier alpha value is -3.46. The van der Waals surface area contributed by atoms with Crippen molar-refractivity contribution in [2.75, 3.05) is 19.0 Å². The predicted molar refractivity (Wildman–Crippen MR) is 169 cm³/mol. The van der Waals surface area contributed by atoms with Crippen LogP contribution in [-0.4, -0.2) is 51.6 Å². The lowest BCUT2D eigenvalue weighted by atomic mass is 9.73. The second kappa shape index (κ2) is 10.9. The van der Waals surface area contributed by atoms with E-state index in [1.807, 2.05) is 19.9 Å². The van der Waals surface area contributed by atoms with E-state index in [2.05, 4.69) is 14.8 Å². The smallest absolute Gasteiger partial charge is 0.337 e. The number of ether oxygens (including phenoxy) is 1. The van der Waals surface area contributed by atoms with E-state index in [4.69, 9.17) is 32.9 Å². The second-order valence-electron chi connectivity index (χ2n) is 12.5. The Morgan fingerprint density at radius 2 is 1.89 bits per heavy atom. The zero-order valence-electron chi connectivity index (χ0n) is 24.7. The lowest BCUT2D eigenvalue weighted by Gasteiger charge is -2.40. The van der Waals surface area contributed by atoms with Gasteiger partial charge in [0.15, 0.2) is 0 Å². The van der Waals surface area contributed by atoms with Crippen molar-refractivity contribution < 1.29 is 18.7 Å². The number of nitrogens with zero attached hydrogens (tertiary/aromatic N) is 3. The normalized spacial score (nSPS) is 24.6. The number of aromatic nitrogens is 2. The number of carbonyl (C=O) groups is 2. The summed E-state index contributed by atoms with van der Waals surface area (Å²) in [6, 6.07) is 15.6. The number of halogens is 3. The van der Waals surface area contributed by atoms with Gasteiger partial charge in [-0.25, -0.2) is 14.2 Å². The van der Waals surface area contributed by atoms with Gasteiger partial charge in [-0.15, -0.1) is 0 Å². The molecule has 0 unspecified atom stereocenters. The Morgan fingerprint density at radius 3 is 2.61 bits per heavy atom. The molecule has 0 radical (unpaired) electrons. The van der Waals surface area contributed by atoms with E-state index >= 15 is 4.39 Å². The third-order valence-corrected chi connectivity index (χ3v) is 10.4. The molecule has 3 aliphatic rings. The highest BCUT2D eigenvalue weighted by atomic mass is 35.5. The predicted octanol–water partition coefficient (Wildman–Crippen LogP) is 7.34. The maximum atomic E-state index is 16.1. The molecule has 2 aliphatic heterocycles. The highest BCUT2D eigenvalue weighted by Crippen LogP contribution is 2.58. The molecule has 2 fully saturated rings. The summed E-state index contributed by atoms with van der Waals surface area (Å²) in [5.41, 5.74) is 2.73. The van der Waals surface area contributed by atoms with Gasteiger partial charge in [0.25, 0.3) is 0 Å². The largest absolute Gasteiger partial charge is 0.465 e. The average molecular weight is 636 g/mol. The van der Waals surface area contributed by atoms with Gasteiger partial charge in [-0.3, -0.25) is 9.69 Å². The minimum absolute atomic E-state index is 0.0140. The topological polar surface area (TPSA) is 76.5 Å². The number of benzene rings is 3. The van der Waals surface area contributed by atoms with Crippen molar-refractivity contribution in [2.45, 2.75) is 63.1 Å². The molecule has 7 nitrogen and oxygen atoms in total. The van der Waals surface area contributed by atoms with E-state index in [1.54, 1.807) is 42.5 Å². The number of fused-ring (bicyclic) bond motifs is 5. The number of hydrogen-bond donors (Lipinski definition) is 1. The Labute approximate surface area is 265 Å². The summed E-state index contributed by atoms with van der Waals surface area (Å²) >= 11 is 12.7. The summed E-state index contributed by atoms with van der Waals surface area (Å²) in [5, 5.41) is 3.64. The van der Waals surface area contributed by atoms with Crippen LogP contribution in [0.15, 0.2) is 54.6 Å². The number of imidazole rings is 1. The number of aryl methyl sites for hydroxylation is 2. The molecule has 0 spiro atoms. The lowest BCUT2D eigenvalue weighted by Crippen LogP contribution is -2.56. The van der Waals surface area contributed by atoms with Crippen LogP contribution in [0.3, 0.4) is 0 Å². The summed E-state index contributed by atoms with van der Waals surface area (Å²) in [7, 11) is 1.37. The fourth-order valence-corrected chi connectivity index (χ4v) is 7.97. The monoisotopic (exact) mass is 634 g/mol. The summed E-state index contributed by atoms with van der Waals surface area (Å²) in [4.78, 5) is 34.6. The third-order valence-electron chi connectivity index (χ3n) is 9.83. The Morgan fingerprint density at radius 1 is 1.11 bits per heavy atom. The molecule has 1 N–H and O–H groups in total. The van der Waals surface area contributed by atoms with E-state index in [0.29, 0.717) is 34.3 Å². The van der Waals surface area contributed by atoms with Gasteiger partial charge in [-0.1, -0.05) is 41.4 Å². The number of nitrogens with one attached hydrogen (secondary N) is 1. The molecule has 4 atom stereocenters. The molecule has 4 aromatic rings. The first kappa shape index (κ1) is 29.3. The number of methoxy groups -OCH3 is 1. The number of hydrogen-bond acceptors (Lipinski definition) is 5. The van der Waals surface area contributed by atoms with Crippen LogP contribution < -0.4 is 5.32 Å². The molecule has 0 bridgehead atoms. The summed E-state index contributed by atoms with van der Waals surface area (Å²) in [6.45, 7) is 5.24. The van der Waals surface area contributed by atoms with E-state index < -0.39 is 23.2 Å². The molecule has 3 heterocycles. The Balaban J connectivity index is 1.44. The van der Waals surface area contributed by atoms with Gasteiger partial charge in [-0.05, 0) is 86.6 Å². The van der Waals surface area contributed by atoms with Crippen molar-refractivity contribution >= 4 is 51.8 Å². The molecule has 1 amide bonds. The van der Waals surface area contributed by atoms with Crippen molar-refractivity contribution in [1.82, 2.24) is 14.5 Å². The van der Waals surface area contributed by atoms with Crippen molar-refractivity contribution in [3.63, 3.8) is 0 Å². The Kier molecular flexibility index (Phi) is 7.22. The van der Waals surface area contributed by atoms with Gasteiger partial charge < -0.3 is 14.6 Å². The van der Waals surface area contributed by atoms with Crippen LogP contribution in [0.4, 0.5) is 10.1 Å². The van der Waals surface area contributed by atoms with Crippen LogP contribution in [0.2, 0.25) is 10.0 Å². The zero-order chi connectivity index (χ0) is 30.9. The molecule has 228 valence electrons. The molecular formula is C34H33Cl2FN4O3. The summed E-state index contributed by atoms with van der Waals surface area (Å²) < 4.78 is 23.3. The minimum atomic E-state index is -1.15. The van der Waals surface area contributed by atoms with Gasteiger partial charge in [0.1, 0.15) is 17.2 Å². The molecule has 1 saturated heterocycles. The van der Waals surface area contributed by atoms with Crippen LogP contribution in [0, 0.1) is 18.7 Å². The molecule has 1 aliphatic carbocycles. The van der Waals surface area contributed by atoms with Crippen molar-refractivity contribution in [2.24, 2.45) is 5.92 Å². The Bertz CT molecular complexity index is 1820. The quantitative estimate of drug-likeness (QED) is 0.225. The lowest BCUT2D eigenvalue weighted by molar-refractivity contribution is -0.127. The van der Waals surface area contributed by atoms with Gasteiger partial charge in [0, 0.05) is 41.7 Å². The molecule has 1 aromatic heterocycles. The summed E-state index contributed by atoms with van der Waals surface area (Å²) in [6.07, 6.45) is 2.93. The van der Waals surface area contributed by atoms with Crippen molar-refractivity contribution in [1.29, 1.82) is 0 Å². The molecule has 10 heteroatoms. The van der Waals surface area contributed by atoms with Crippen LogP contribution in [-0.2, 0) is 16.1 Å². The number of esters is 1. The summed E-state index contributed by atoms with van der Waals surface area (Å²) in [5.74, 6) is -0.844. The van der Waals surface area contributed by atoms with E-state index in [9.17, 15) is 9.59 Å². The van der Waals surface area contributed by atoms with E-state index in [-0.39, 0.29) is 22.9 Å². The van der Waals surface area contributed by atoms with Gasteiger partial charge in [-0.2, -0.15) is 0 Å². The van der Waals surface area contributed by atoms with Crippen LogP contribution >= 0.6 is 23.2 Å². The van der Waals surface area contributed by atoms with E-state index in [0.717, 1.165) is 48.2 Å². The zero-order valence-corrected chi connectivity index (χ0v) is 26.3. The van der Waals surface area contributed by atoms with Crippen molar-refractivity contribution in [3.05, 3.63) is 93.0 Å². The van der Waals surface area contributed by atoms with Gasteiger partial charge >= 0.3 is 5.97 Å². The minimum Gasteiger partial charge on any atom is -0.465 e. The number of anilines is 1. The molecule has 3 aromatic carbocycles. The third kappa shape index (κ3) is 4.61. The van der Waals surface area contributed by atoms with Gasteiger partial charge in [0.2, 0.25) is 5.91 Å². The first-order valence-electron chi connectivity index (χ1n) is 15.0. The first-order chi connectivity index (χ1) is 21.1. The second-order valence-corrected chi connectivity index (χ2v) is 13.3. The number of likely N-dealkylation sites (tertiary alicyclic amines) is 1. The fraction of sp³-hybridized carbons (Fsp3) is 0.382. The number of carbonyl (C=O) groups excluding carboxylic acids is 2. The van der Waals surface area contributed by atoms with Crippen LogP contribution in [0.25, 0.3) is 11.0 Å². The number of rotatable bonds is 6. The molecular weight excluding hydrogens is 602 g/mol. The van der Waals surface area contributed by atoms with Crippen LogP contribution in [0.5, 0.6) is 0 Å². The fourth-order valence-electron chi connectivity index (χ4n) is 7.60. The highest BCUT2D eigenvalue weighted by molar-refractivity contribution is 6.31. The van der Waals surface area contributed by atoms with Gasteiger partial charge in [0.05, 0.1) is 28.7 Å². The molecule has 44 heavy (non-hydrogen) atoms. The first-order valence-corrected chi connectivity index (χ1v) is 15.7. The average Bonchev–Trinajstić information content (AvgIpc) is 3.69.